The average molecular weight is 415 g/mol. The fraction of sp³-hybridized carbons (Fsp3) is 0.286. The third-order valence-electron chi connectivity index (χ3n) is 4.91. The second-order valence-corrected chi connectivity index (χ2v) is 7.47. The molecule has 1 unspecified atom stereocenters. The number of anilines is 1. The Morgan fingerprint density at radius 1 is 1.28 bits per heavy atom. The number of nitrogens with one attached hydrogen (secondary N) is 1. The van der Waals surface area contributed by atoms with Crippen LogP contribution in [0.4, 0.5) is 10.1 Å². The number of hydrogen-bond acceptors (Lipinski definition) is 5. The maximum Gasteiger partial charge on any atom is 0.241 e. The Labute approximate surface area is 172 Å². The Morgan fingerprint density at radius 3 is 2.97 bits per heavy atom. The van der Waals surface area contributed by atoms with Crippen LogP contribution in [-0.2, 0) is 11.3 Å². The number of amides is 1. The second kappa shape index (κ2) is 8.71. The number of nitrogens with zero attached hydrogens (tertiary/aromatic N) is 3. The largest absolute Gasteiger partial charge is 0.338 e. The summed E-state index contributed by atoms with van der Waals surface area (Å²) in [5.74, 6) is 0.258. The maximum atomic E-state index is 13.3. The Kier molecular flexibility index (Phi) is 5.87. The normalized spacial score (nSPS) is 17.2. The molecule has 0 spiro atoms. The molecule has 0 bridgehead atoms. The first kappa shape index (κ1) is 19.5. The van der Waals surface area contributed by atoms with E-state index in [0.717, 1.165) is 24.9 Å². The van der Waals surface area contributed by atoms with Crippen molar-refractivity contribution in [3.05, 3.63) is 65.3 Å². The van der Waals surface area contributed by atoms with E-state index in [-0.39, 0.29) is 17.6 Å². The third kappa shape index (κ3) is 4.81. The zero-order chi connectivity index (χ0) is 20.2. The van der Waals surface area contributed by atoms with Crippen LogP contribution in [-0.4, -0.2) is 34.0 Å². The molecule has 1 fully saturated rings. The minimum absolute atomic E-state index is 0.109. The van der Waals surface area contributed by atoms with Crippen molar-refractivity contribution in [2.24, 2.45) is 5.92 Å². The number of hydrogen-bond donors (Lipinski definition) is 1. The van der Waals surface area contributed by atoms with Crippen LogP contribution in [0.5, 0.6) is 0 Å². The van der Waals surface area contributed by atoms with Gasteiger partial charge >= 0.3 is 0 Å². The summed E-state index contributed by atoms with van der Waals surface area (Å²) in [7, 11) is 0. The number of carbonyl (C=O) groups is 1. The van der Waals surface area contributed by atoms with Gasteiger partial charge in [0.1, 0.15) is 5.82 Å². The Balaban J connectivity index is 1.38. The quantitative estimate of drug-likeness (QED) is 0.670. The molecule has 150 valence electrons. The molecule has 0 aliphatic carbocycles. The number of rotatable bonds is 5. The topological polar surface area (TPSA) is 71.3 Å². The number of carbonyl (C=O) groups excluding carboxylic acids is 1. The SMILES string of the molecule is O=C(Nc1cccc(F)c1)C1CCCN(Cc2nc(-c3ccccc3Cl)no2)C1. The molecule has 1 amide bonds. The van der Waals surface area contributed by atoms with E-state index in [9.17, 15) is 9.18 Å². The first-order chi connectivity index (χ1) is 14.1. The van der Waals surface area contributed by atoms with E-state index in [1.54, 1.807) is 18.2 Å². The minimum atomic E-state index is -0.376. The van der Waals surface area contributed by atoms with E-state index in [1.807, 2.05) is 18.2 Å². The molecule has 4 rings (SSSR count). The van der Waals surface area contributed by atoms with Crippen LogP contribution in [0.2, 0.25) is 5.02 Å². The highest BCUT2D eigenvalue weighted by atomic mass is 35.5. The molecule has 29 heavy (non-hydrogen) atoms. The molecule has 8 heteroatoms. The summed E-state index contributed by atoms with van der Waals surface area (Å²) >= 11 is 6.19. The molecule has 2 heterocycles. The van der Waals surface area contributed by atoms with E-state index >= 15 is 0 Å². The van der Waals surface area contributed by atoms with Gasteiger partial charge in [-0.15, -0.1) is 0 Å². The van der Waals surface area contributed by atoms with Crippen molar-refractivity contribution in [3.63, 3.8) is 0 Å². The Bertz CT molecular complexity index is 1010. The summed E-state index contributed by atoms with van der Waals surface area (Å²) in [6.07, 6.45) is 1.67. The van der Waals surface area contributed by atoms with Crippen molar-refractivity contribution in [1.82, 2.24) is 15.0 Å². The summed E-state index contributed by atoms with van der Waals surface area (Å²) in [5, 5.41) is 7.38. The van der Waals surface area contributed by atoms with Gasteiger partial charge in [-0.3, -0.25) is 9.69 Å². The third-order valence-corrected chi connectivity index (χ3v) is 5.24. The van der Waals surface area contributed by atoms with Crippen molar-refractivity contribution >= 4 is 23.2 Å². The molecule has 1 aliphatic heterocycles. The van der Waals surface area contributed by atoms with Crippen molar-refractivity contribution in [3.8, 4) is 11.4 Å². The predicted octanol–water partition coefficient (Wildman–Crippen LogP) is 4.38. The van der Waals surface area contributed by atoms with Crippen molar-refractivity contribution < 1.29 is 13.7 Å². The number of likely N-dealkylation sites (tertiary alicyclic amines) is 1. The molecule has 2 aromatic carbocycles. The molecule has 1 N–H and O–H groups in total. The van der Waals surface area contributed by atoms with Crippen molar-refractivity contribution in [2.75, 3.05) is 18.4 Å². The first-order valence-electron chi connectivity index (χ1n) is 9.45. The smallest absolute Gasteiger partial charge is 0.241 e. The summed E-state index contributed by atoms with van der Waals surface area (Å²) in [5.41, 5.74) is 1.18. The molecule has 1 aliphatic rings. The highest BCUT2D eigenvalue weighted by molar-refractivity contribution is 6.33. The van der Waals surface area contributed by atoms with Crippen LogP contribution >= 0.6 is 11.6 Å². The van der Waals surface area contributed by atoms with Gasteiger partial charge in [0.05, 0.1) is 17.5 Å². The monoisotopic (exact) mass is 414 g/mol. The Hall–Kier alpha value is -2.77. The molecule has 6 nitrogen and oxygen atoms in total. The molecular weight excluding hydrogens is 395 g/mol. The van der Waals surface area contributed by atoms with Crippen LogP contribution < -0.4 is 5.32 Å². The number of aromatic nitrogens is 2. The van der Waals surface area contributed by atoms with E-state index in [4.69, 9.17) is 16.1 Å². The highest BCUT2D eigenvalue weighted by Crippen LogP contribution is 2.26. The standard InChI is InChI=1S/C21H20ClFN4O2/c22-18-9-2-1-8-17(18)20-25-19(29-26-20)13-27-10-4-5-14(12-27)21(28)24-16-7-3-6-15(23)11-16/h1-3,6-9,11,14H,4-5,10,12-13H2,(H,24,28). The van der Waals surface area contributed by atoms with Gasteiger partial charge in [-0.2, -0.15) is 4.98 Å². The Morgan fingerprint density at radius 2 is 2.14 bits per heavy atom. The van der Waals surface area contributed by atoms with E-state index < -0.39 is 0 Å². The van der Waals surface area contributed by atoms with Crippen LogP contribution in [0.3, 0.4) is 0 Å². The molecular formula is C21H20ClFN4O2. The minimum Gasteiger partial charge on any atom is -0.338 e. The molecule has 1 saturated heterocycles. The van der Waals surface area contributed by atoms with Gasteiger partial charge in [0.15, 0.2) is 0 Å². The number of benzene rings is 2. The fourth-order valence-electron chi connectivity index (χ4n) is 3.49. The van der Waals surface area contributed by atoms with Crippen molar-refractivity contribution in [1.29, 1.82) is 0 Å². The summed E-state index contributed by atoms with van der Waals surface area (Å²) in [6.45, 7) is 1.87. The number of piperidine rings is 1. The molecule has 0 radical (unpaired) electrons. The van der Waals surface area contributed by atoms with Crippen LogP contribution in [0, 0.1) is 11.7 Å². The summed E-state index contributed by atoms with van der Waals surface area (Å²) < 4.78 is 18.7. The average Bonchev–Trinajstić information content (AvgIpc) is 3.17. The second-order valence-electron chi connectivity index (χ2n) is 7.07. The van der Waals surface area contributed by atoms with Gasteiger partial charge in [-0.05, 0) is 49.7 Å². The van der Waals surface area contributed by atoms with Gasteiger partial charge in [-0.25, -0.2) is 4.39 Å². The van der Waals surface area contributed by atoms with Crippen LogP contribution in [0.1, 0.15) is 18.7 Å². The van der Waals surface area contributed by atoms with Gasteiger partial charge < -0.3 is 9.84 Å². The van der Waals surface area contributed by atoms with E-state index in [2.05, 4.69) is 20.4 Å². The van der Waals surface area contributed by atoms with Crippen LogP contribution in [0.25, 0.3) is 11.4 Å². The van der Waals surface area contributed by atoms with Crippen LogP contribution in [0.15, 0.2) is 53.1 Å². The van der Waals surface area contributed by atoms with Gasteiger partial charge in [0.2, 0.25) is 17.6 Å². The first-order valence-corrected chi connectivity index (χ1v) is 9.82. The zero-order valence-corrected chi connectivity index (χ0v) is 16.4. The van der Waals surface area contributed by atoms with Gasteiger partial charge in [0.25, 0.3) is 0 Å². The molecule has 3 aromatic rings. The predicted molar refractivity (Wildman–Crippen MR) is 108 cm³/mol. The lowest BCUT2D eigenvalue weighted by Gasteiger charge is -2.30. The van der Waals surface area contributed by atoms with Crippen molar-refractivity contribution in [2.45, 2.75) is 19.4 Å². The van der Waals surface area contributed by atoms with E-state index in [0.29, 0.717) is 35.5 Å². The van der Waals surface area contributed by atoms with Gasteiger partial charge in [0, 0.05) is 17.8 Å². The fourth-order valence-corrected chi connectivity index (χ4v) is 3.71. The lowest BCUT2D eigenvalue weighted by Crippen LogP contribution is -2.40. The summed E-state index contributed by atoms with van der Waals surface area (Å²) in [6, 6.07) is 13.2. The van der Waals surface area contributed by atoms with E-state index in [1.165, 1.54) is 12.1 Å². The summed E-state index contributed by atoms with van der Waals surface area (Å²) in [4.78, 5) is 19.1. The molecule has 1 aromatic heterocycles. The lowest BCUT2D eigenvalue weighted by molar-refractivity contribution is -0.121. The van der Waals surface area contributed by atoms with Gasteiger partial charge in [-0.1, -0.05) is 35.0 Å². The highest BCUT2D eigenvalue weighted by Gasteiger charge is 2.27. The number of halogens is 2. The zero-order valence-electron chi connectivity index (χ0n) is 15.6. The molecule has 0 saturated carbocycles. The maximum absolute atomic E-state index is 13.3. The lowest BCUT2D eigenvalue weighted by atomic mass is 9.97. The molecule has 1 atom stereocenters.